The molecule has 1 heterocycles. The zero-order chi connectivity index (χ0) is 17.8. The van der Waals surface area contributed by atoms with Crippen LogP contribution in [0.2, 0.25) is 0 Å². The summed E-state index contributed by atoms with van der Waals surface area (Å²) in [5.41, 5.74) is 2.68. The van der Waals surface area contributed by atoms with Crippen molar-refractivity contribution >= 4 is 23.2 Å². The molecule has 0 aliphatic carbocycles. The van der Waals surface area contributed by atoms with E-state index in [4.69, 9.17) is 4.74 Å². The third-order valence-electron chi connectivity index (χ3n) is 4.52. The summed E-state index contributed by atoms with van der Waals surface area (Å²) in [4.78, 5) is 26.6. The maximum absolute atomic E-state index is 12.6. The summed E-state index contributed by atoms with van der Waals surface area (Å²) in [7, 11) is 1.56. The minimum absolute atomic E-state index is 0.0237. The molecule has 2 aromatic carbocycles. The van der Waals surface area contributed by atoms with E-state index in [1.807, 2.05) is 36.4 Å². The number of carbonyl (C=O) groups is 2. The van der Waals surface area contributed by atoms with Crippen molar-refractivity contribution in [3.63, 3.8) is 0 Å². The summed E-state index contributed by atoms with van der Waals surface area (Å²) in [6, 6.07) is 15.2. The van der Waals surface area contributed by atoms with Crippen molar-refractivity contribution in [2.45, 2.75) is 19.8 Å². The Bertz CT molecular complexity index is 771. The van der Waals surface area contributed by atoms with Gasteiger partial charge in [-0.1, -0.05) is 31.2 Å². The summed E-state index contributed by atoms with van der Waals surface area (Å²) in [6.45, 7) is 2.49. The highest BCUT2D eigenvalue weighted by molar-refractivity contribution is 6.03. The normalized spacial score (nSPS) is 16.8. The lowest BCUT2D eigenvalue weighted by molar-refractivity contribution is -0.122. The fourth-order valence-electron chi connectivity index (χ4n) is 3.03. The molecule has 3 rings (SSSR count). The molecule has 0 spiro atoms. The van der Waals surface area contributed by atoms with Crippen LogP contribution in [0.1, 0.15) is 18.9 Å². The maximum Gasteiger partial charge on any atom is 0.229 e. The van der Waals surface area contributed by atoms with E-state index in [1.54, 1.807) is 24.1 Å². The van der Waals surface area contributed by atoms with Crippen molar-refractivity contribution in [3.05, 3.63) is 54.1 Å². The summed E-state index contributed by atoms with van der Waals surface area (Å²) >= 11 is 0. The number of nitrogens with zero attached hydrogens (tertiary/aromatic N) is 1. The Kier molecular flexibility index (Phi) is 5.03. The third kappa shape index (κ3) is 3.65. The van der Waals surface area contributed by atoms with Crippen LogP contribution in [-0.4, -0.2) is 25.5 Å². The summed E-state index contributed by atoms with van der Waals surface area (Å²) in [5.74, 6) is 0.0467. The Hall–Kier alpha value is -2.82. The molecule has 0 radical (unpaired) electrons. The Morgan fingerprint density at radius 2 is 1.92 bits per heavy atom. The van der Waals surface area contributed by atoms with E-state index in [9.17, 15) is 9.59 Å². The number of anilines is 2. The van der Waals surface area contributed by atoms with Crippen LogP contribution in [-0.2, 0) is 16.0 Å². The molecule has 1 atom stereocenters. The Morgan fingerprint density at radius 1 is 1.20 bits per heavy atom. The van der Waals surface area contributed by atoms with Crippen molar-refractivity contribution in [3.8, 4) is 5.75 Å². The first-order valence-corrected chi connectivity index (χ1v) is 8.45. The Morgan fingerprint density at radius 3 is 2.60 bits per heavy atom. The lowest BCUT2D eigenvalue weighted by atomic mass is 10.1. The van der Waals surface area contributed by atoms with E-state index in [0.29, 0.717) is 18.0 Å². The second-order valence-corrected chi connectivity index (χ2v) is 6.11. The van der Waals surface area contributed by atoms with Gasteiger partial charge in [-0.05, 0) is 36.2 Å². The highest BCUT2D eigenvalue weighted by Crippen LogP contribution is 2.28. The van der Waals surface area contributed by atoms with E-state index in [-0.39, 0.29) is 24.2 Å². The first kappa shape index (κ1) is 17.0. The average molecular weight is 338 g/mol. The lowest BCUT2D eigenvalue weighted by Crippen LogP contribution is -2.28. The minimum atomic E-state index is -0.372. The van der Waals surface area contributed by atoms with Gasteiger partial charge in [-0.25, -0.2) is 0 Å². The number of nitrogens with one attached hydrogen (secondary N) is 1. The van der Waals surface area contributed by atoms with Gasteiger partial charge in [0.25, 0.3) is 0 Å². The fraction of sp³-hybridized carbons (Fsp3) is 0.300. The van der Waals surface area contributed by atoms with Gasteiger partial charge in [-0.3, -0.25) is 9.59 Å². The maximum atomic E-state index is 12.6. The van der Waals surface area contributed by atoms with Gasteiger partial charge in [0.15, 0.2) is 0 Å². The number of benzene rings is 2. The van der Waals surface area contributed by atoms with Gasteiger partial charge in [0.2, 0.25) is 11.8 Å². The SMILES string of the molecule is CCc1ccc(N2C[C@H](C(=O)Nc3ccccc3OC)CC2=O)cc1. The molecule has 1 N–H and O–H groups in total. The Labute approximate surface area is 147 Å². The van der Waals surface area contributed by atoms with Crippen LogP contribution in [0.3, 0.4) is 0 Å². The number of hydrogen-bond donors (Lipinski definition) is 1. The van der Waals surface area contributed by atoms with Crippen molar-refractivity contribution < 1.29 is 14.3 Å². The average Bonchev–Trinajstić information content (AvgIpc) is 3.04. The zero-order valence-corrected chi connectivity index (χ0v) is 14.5. The van der Waals surface area contributed by atoms with E-state index in [0.717, 1.165) is 12.1 Å². The van der Waals surface area contributed by atoms with E-state index in [2.05, 4.69) is 12.2 Å². The molecular weight excluding hydrogens is 316 g/mol. The molecule has 1 saturated heterocycles. The van der Waals surface area contributed by atoms with Gasteiger partial charge in [0.1, 0.15) is 5.75 Å². The highest BCUT2D eigenvalue weighted by atomic mass is 16.5. The van der Waals surface area contributed by atoms with Gasteiger partial charge in [-0.2, -0.15) is 0 Å². The van der Waals surface area contributed by atoms with Crippen LogP contribution in [0.15, 0.2) is 48.5 Å². The molecule has 1 aliphatic rings. The van der Waals surface area contributed by atoms with Gasteiger partial charge in [-0.15, -0.1) is 0 Å². The molecule has 0 saturated carbocycles. The van der Waals surface area contributed by atoms with Gasteiger partial charge < -0.3 is 15.0 Å². The van der Waals surface area contributed by atoms with Crippen molar-refractivity contribution in [1.29, 1.82) is 0 Å². The van der Waals surface area contributed by atoms with E-state index < -0.39 is 0 Å². The smallest absolute Gasteiger partial charge is 0.229 e. The predicted molar refractivity (Wildman–Crippen MR) is 97.9 cm³/mol. The zero-order valence-electron chi connectivity index (χ0n) is 14.5. The molecule has 1 fully saturated rings. The van der Waals surface area contributed by atoms with Crippen molar-refractivity contribution in [2.24, 2.45) is 5.92 Å². The molecule has 5 heteroatoms. The monoisotopic (exact) mass is 338 g/mol. The van der Waals surface area contributed by atoms with Gasteiger partial charge >= 0.3 is 0 Å². The van der Waals surface area contributed by atoms with Gasteiger partial charge in [0.05, 0.1) is 18.7 Å². The van der Waals surface area contributed by atoms with Crippen LogP contribution in [0.5, 0.6) is 5.75 Å². The first-order valence-electron chi connectivity index (χ1n) is 8.45. The van der Waals surface area contributed by atoms with Crippen LogP contribution < -0.4 is 15.0 Å². The summed E-state index contributed by atoms with van der Waals surface area (Å²) in [6.07, 6.45) is 1.18. The van der Waals surface area contributed by atoms with Crippen molar-refractivity contribution in [2.75, 3.05) is 23.9 Å². The molecule has 5 nitrogen and oxygen atoms in total. The second-order valence-electron chi connectivity index (χ2n) is 6.11. The molecule has 1 aliphatic heterocycles. The van der Waals surface area contributed by atoms with Crippen LogP contribution >= 0.6 is 0 Å². The molecule has 0 bridgehead atoms. The fourth-order valence-corrected chi connectivity index (χ4v) is 3.03. The standard InChI is InChI=1S/C20H22N2O3/c1-3-14-8-10-16(11-9-14)22-13-15(12-19(22)23)20(24)21-17-6-4-5-7-18(17)25-2/h4-11,15H,3,12-13H2,1-2H3,(H,21,24)/t15-/m1/s1. The Balaban J connectivity index is 1.70. The van der Waals surface area contributed by atoms with Gasteiger partial charge in [0, 0.05) is 18.7 Å². The van der Waals surface area contributed by atoms with Crippen LogP contribution in [0, 0.1) is 5.92 Å². The number of amides is 2. The van der Waals surface area contributed by atoms with E-state index >= 15 is 0 Å². The number of rotatable bonds is 5. The van der Waals surface area contributed by atoms with Crippen LogP contribution in [0.25, 0.3) is 0 Å². The minimum Gasteiger partial charge on any atom is -0.495 e. The highest BCUT2D eigenvalue weighted by Gasteiger charge is 2.35. The molecule has 0 aromatic heterocycles. The summed E-state index contributed by atoms with van der Waals surface area (Å²) in [5, 5.41) is 2.87. The molecular formula is C20H22N2O3. The number of aryl methyl sites for hydroxylation is 1. The topological polar surface area (TPSA) is 58.6 Å². The number of para-hydroxylation sites is 2. The number of methoxy groups -OCH3 is 1. The molecule has 0 unspecified atom stereocenters. The summed E-state index contributed by atoms with van der Waals surface area (Å²) < 4.78 is 5.25. The van der Waals surface area contributed by atoms with Crippen molar-refractivity contribution in [1.82, 2.24) is 0 Å². The lowest BCUT2D eigenvalue weighted by Gasteiger charge is -2.17. The largest absolute Gasteiger partial charge is 0.495 e. The number of ether oxygens (including phenoxy) is 1. The second kappa shape index (κ2) is 7.38. The third-order valence-corrected chi connectivity index (χ3v) is 4.52. The quantitative estimate of drug-likeness (QED) is 0.910. The van der Waals surface area contributed by atoms with E-state index in [1.165, 1.54) is 5.56 Å². The molecule has 2 aromatic rings. The predicted octanol–water partition coefficient (Wildman–Crippen LogP) is 3.25. The molecule has 130 valence electrons. The van der Waals surface area contributed by atoms with Crippen LogP contribution in [0.4, 0.5) is 11.4 Å². The molecule has 25 heavy (non-hydrogen) atoms. The molecule has 2 amide bonds. The number of carbonyl (C=O) groups excluding carboxylic acids is 2. The first-order chi connectivity index (χ1) is 12.1. The number of hydrogen-bond acceptors (Lipinski definition) is 3.